The lowest BCUT2D eigenvalue weighted by molar-refractivity contribution is 0.0629. The van der Waals surface area contributed by atoms with Crippen molar-refractivity contribution in [1.82, 2.24) is 4.90 Å². The number of amides is 1. The number of hydrogen-bond donors (Lipinski definition) is 1. The molecule has 1 saturated carbocycles. The van der Waals surface area contributed by atoms with Gasteiger partial charge in [-0.3, -0.25) is 4.79 Å². The molecule has 19 heavy (non-hydrogen) atoms. The molecule has 1 aliphatic carbocycles. The number of hydrogen-bond acceptors (Lipinski definition) is 2. The zero-order chi connectivity index (χ0) is 13.8. The van der Waals surface area contributed by atoms with E-state index in [4.69, 9.17) is 5.73 Å². The van der Waals surface area contributed by atoms with Gasteiger partial charge in [0.2, 0.25) is 0 Å². The van der Waals surface area contributed by atoms with Gasteiger partial charge in [0.1, 0.15) is 0 Å². The maximum atomic E-state index is 12.5. The second-order valence-corrected chi connectivity index (χ2v) is 5.65. The lowest BCUT2D eigenvalue weighted by Crippen LogP contribution is -2.42. The Morgan fingerprint density at radius 2 is 1.89 bits per heavy atom. The van der Waals surface area contributed by atoms with Crippen LogP contribution in [0.4, 0.5) is 0 Å². The molecule has 2 atom stereocenters. The van der Waals surface area contributed by atoms with E-state index >= 15 is 0 Å². The van der Waals surface area contributed by atoms with E-state index in [-0.39, 0.29) is 5.91 Å². The van der Waals surface area contributed by atoms with Crippen molar-refractivity contribution in [2.75, 3.05) is 7.05 Å². The molecule has 104 valence electrons. The topological polar surface area (TPSA) is 46.3 Å². The summed E-state index contributed by atoms with van der Waals surface area (Å²) in [4.78, 5) is 14.4. The van der Waals surface area contributed by atoms with Crippen molar-refractivity contribution in [1.29, 1.82) is 0 Å². The van der Waals surface area contributed by atoms with Crippen LogP contribution in [0.2, 0.25) is 0 Å². The smallest absolute Gasteiger partial charge is 0.253 e. The van der Waals surface area contributed by atoms with Gasteiger partial charge in [0.15, 0.2) is 0 Å². The summed E-state index contributed by atoms with van der Waals surface area (Å²) in [7, 11) is 1.94. The van der Waals surface area contributed by atoms with Crippen molar-refractivity contribution >= 4 is 5.91 Å². The molecule has 3 heteroatoms. The van der Waals surface area contributed by atoms with Crippen LogP contribution < -0.4 is 5.73 Å². The summed E-state index contributed by atoms with van der Waals surface area (Å²) in [5, 5.41) is 0. The highest BCUT2D eigenvalue weighted by atomic mass is 16.2. The first-order chi connectivity index (χ1) is 9.13. The highest BCUT2D eigenvalue weighted by Crippen LogP contribution is 2.28. The Bertz CT molecular complexity index is 427. The monoisotopic (exact) mass is 260 g/mol. The van der Waals surface area contributed by atoms with Gasteiger partial charge in [-0.05, 0) is 36.5 Å². The Kier molecular flexibility index (Phi) is 4.59. The molecule has 2 N–H and O–H groups in total. The Morgan fingerprint density at radius 3 is 2.47 bits per heavy atom. The quantitative estimate of drug-likeness (QED) is 0.908. The summed E-state index contributed by atoms with van der Waals surface area (Å²) in [5.41, 5.74) is 7.40. The Labute approximate surface area is 115 Å². The van der Waals surface area contributed by atoms with Crippen molar-refractivity contribution < 1.29 is 4.79 Å². The van der Waals surface area contributed by atoms with Gasteiger partial charge in [-0.25, -0.2) is 0 Å². The van der Waals surface area contributed by atoms with E-state index in [1.165, 1.54) is 19.3 Å². The summed E-state index contributed by atoms with van der Waals surface area (Å²) >= 11 is 0. The van der Waals surface area contributed by atoms with Gasteiger partial charge in [-0.2, -0.15) is 0 Å². The molecule has 0 spiro atoms. The fourth-order valence-corrected chi connectivity index (χ4v) is 3.01. The summed E-state index contributed by atoms with van der Waals surface area (Å²) < 4.78 is 0. The van der Waals surface area contributed by atoms with Gasteiger partial charge in [0.25, 0.3) is 5.91 Å². The van der Waals surface area contributed by atoms with Crippen LogP contribution in [0.5, 0.6) is 0 Å². The molecule has 0 heterocycles. The molecule has 0 aromatic heterocycles. The normalized spacial score (nSPS) is 23.1. The molecule has 0 bridgehead atoms. The van der Waals surface area contributed by atoms with Crippen LogP contribution in [-0.4, -0.2) is 23.9 Å². The zero-order valence-electron chi connectivity index (χ0n) is 11.9. The molecule has 1 aromatic carbocycles. The number of nitrogens with zero attached hydrogens (tertiary/aromatic N) is 1. The van der Waals surface area contributed by atoms with E-state index in [2.05, 4.69) is 6.92 Å². The zero-order valence-corrected chi connectivity index (χ0v) is 11.9. The first-order valence-corrected chi connectivity index (χ1v) is 7.19. The molecular formula is C16H24N2O. The Morgan fingerprint density at radius 1 is 1.26 bits per heavy atom. The standard InChI is InChI=1S/C16H24N2O/c1-12-5-3-4-6-15(12)18(2)16(19)14-9-7-13(11-17)8-10-14/h7-10,12,15H,3-6,11,17H2,1-2H3. The van der Waals surface area contributed by atoms with Crippen LogP contribution in [-0.2, 0) is 6.54 Å². The van der Waals surface area contributed by atoms with Gasteiger partial charge >= 0.3 is 0 Å². The predicted molar refractivity (Wildman–Crippen MR) is 77.8 cm³/mol. The number of rotatable bonds is 3. The van der Waals surface area contributed by atoms with Crippen LogP contribution in [0.1, 0.15) is 48.5 Å². The molecule has 2 rings (SSSR count). The lowest BCUT2D eigenvalue weighted by Gasteiger charge is -2.36. The third-order valence-corrected chi connectivity index (χ3v) is 4.32. The molecule has 1 aliphatic rings. The molecule has 0 saturated heterocycles. The fourth-order valence-electron chi connectivity index (χ4n) is 3.01. The molecule has 1 fully saturated rings. The highest BCUT2D eigenvalue weighted by molar-refractivity contribution is 5.94. The molecular weight excluding hydrogens is 236 g/mol. The maximum absolute atomic E-state index is 12.5. The first kappa shape index (κ1) is 14.1. The molecule has 0 radical (unpaired) electrons. The lowest BCUT2D eigenvalue weighted by atomic mass is 9.85. The minimum atomic E-state index is 0.127. The Balaban J connectivity index is 2.08. The second kappa shape index (κ2) is 6.20. The SMILES string of the molecule is CC1CCCCC1N(C)C(=O)c1ccc(CN)cc1. The number of carbonyl (C=O) groups is 1. The van der Waals surface area contributed by atoms with E-state index in [1.54, 1.807) is 0 Å². The molecule has 2 unspecified atom stereocenters. The van der Waals surface area contributed by atoms with Gasteiger partial charge in [-0.1, -0.05) is 31.9 Å². The fraction of sp³-hybridized carbons (Fsp3) is 0.562. The largest absolute Gasteiger partial charge is 0.338 e. The average Bonchev–Trinajstić information content (AvgIpc) is 2.46. The summed E-state index contributed by atoms with van der Waals surface area (Å²) in [6.07, 6.45) is 4.89. The highest BCUT2D eigenvalue weighted by Gasteiger charge is 2.28. The van der Waals surface area contributed by atoms with Gasteiger partial charge in [0.05, 0.1) is 0 Å². The average molecular weight is 260 g/mol. The molecule has 1 amide bonds. The number of benzene rings is 1. The van der Waals surface area contributed by atoms with E-state index < -0.39 is 0 Å². The summed E-state index contributed by atoms with van der Waals surface area (Å²) in [6.45, 7) is 2.77. The predicted octanol–water partition coefficient (Wildman–Crippen LogP) is 2.80. The van der Waals surface area contributed by atoms with Crippen LogP contribution >= 0.6 is 0 Å². The molecule has 1 aromatic rings. The first-order valence-electron chi connectivity index (χ1n) is 7.19. The van der Waals surface area contributed by atoms with E-state index in [9.17, 15) is 4.79 Å². The van der Waals surface area contributed by atoms with Crippen molar-refractivity contribution in [3.8, 4) is 0 Å². The maximum Gasteiger partial charge on any atom is 0.253 e. The van der Waals surface area contributed by atoms with Crippen molar-refractivity contribution in [2.45, 2.75) is 45.2 Å². The third kappa shape index (κ3) is 3.16. The summed E-state index contributed by atoms with van der Waals surface area (Å²) in [5.74, 6) is 0.730. The molecule has 0 aliphatic heterocycles. The van der Waals surface area contributed by atoms with Crippen LogP contribution in [0, 0.1) is 5.92 Å². The minimum absolute atomic E-state index is 0.127. The van der Waals surface area contributed by atoms with Crippen LogP contribution in [0.25, 0.3) is 0 Å². The third-order valence-electron chi connectivity index (χ3n) is 4.32. The van der Waals surface area contributed by atoms with Crippen molar-refractivity contribution in [2.24, 2.45) is 11.7 Å². The Hall–Kier alpha value is -1.35. The van der Waals surface area contributed by atoms with Gasteiger partial charge < -0.3 is 10.6 Å². The molecule has 3 nitrogen and oxygen atoms in total. The van der Waals surface area contributed by atoms with Crippen LogP contribution in [0.15, 0.2) is 24.3 Å². The number of nitrogens with two attached hydrogens (primary N) is 1. The van der Waals surface area contributed by atoms with Gasteiger partial charge in [0, 0.05) is 25.2 Å². The van der Waals surface area contributed by atoms with Gasteiger partial charge in [-0.15, -0.1) is 0 Å². The minimum Gasteiger partial charge on any atom is -0.338 e. The van der Waals surface area contributed by atoms with E-state index in [0.29, 0.717) is 18.5 Å². The summed E-state index contributed by atoms with van der Waals surface area (Å²) in [6, 6.07) is 8.02. The van der Waals surface area contributed by atoms with Crippen molar-refractivity contribution in [3.63, 3.8) is 0 Å². The van der Waals surface area contributed by atoms with Crippen LogP contribution in [0.3, 0.4) is 0 Å². The van der Waals surface area contributed by atoms with Crippen molar-refractivity contribution in [3.05, 3.63) is 35.4 Å². The van der Waals surface area contributed by atoms with E-state index in [1.807, 2.05) is 36.2 Å². The van der Waals surface area contributed by atoms with E-state index in [0.717, 1.165) is 17.5 Å². The second-order valence-electron chi connectivity index (χ2n) is 5.65. The number of carbonyl (C=O) groups excluding carboxylic acids is 1.